The molecule has 0 radical (unpaired) electrons. The molecule has 0 heterocycles. The zero-order chi connectivity index (χ0) is 21.1. The number of carboxylic acid groups (broad SMARTS) is 1. The molecule has 27 heavy (non-hydrogen) atoms. The maximum Gasteiger partial charge on any atom is 0.395 e. The number of ketones is 1. The minimum Gasteiger partial charge on any atom is -0.480 e. The van der Waals surface area contributed by atoms with E-state index in [1.54, 1.807) is 12.2 Å². The first-order valence-electron chi connectivity index (χ1n) is 8.66. The first-order valence-corrected chi connectivity index (χ1v) is 8.66. The van der Waals surface area contributed by atoms with Crippen molar-refractivity contribution >= 4 is 11.8 Å². The molecule has 0 aliphatic rings. The molecule has 0 saturated heterocycles. The topological polar surface area (TPSA) is 141 Å². The maximum absolute atomic E-state index is 12.0. The summed E-state index contributed by atoms with van der Waals surface area (Å²) in [6.07, 6.45) is -2.94. The number of unbranched alkanes of at least 4 members (excludes halogenated alkanes) is 4. The van der Waals surface area contributed by atoms with Gasteiger partial charge in [0.1, 0.15) is 18.3 Å². The highest BCUT2D eigenvalue weighted by Crippen LogP contribution is 2.21. The Morgan fingerprint density at radius 3 is 2.15 bits per heavy atom. The summed E-state index contributed by atoms with van der Waals surface area (Å²) in [5, 5.41) is 37.5. The first kappa shape index (κ1) is 25.5. The molecule has 158 valence electrons. The lowest BCUT2D eigenvalue weighted by Gasteiger charge is -2.30. The molecule has 3 atom stereocenters. The minimum absolute atomic E-state index is 0.0562. The fourth-order valence-electron chi connectivity index (χ4n) is 2.36. The lowest BCUT2D eigenvalue weighted by molar-refractivity contribution is -0.155. The Balaban J connectivity index is 3.93. The standard InChI is InChI=1S/C17H28F3NO6/c18-17(19,20)10-12(23)8-6-4-2-1-3-5-7-9-13(24)14(25)16(21,11-22)15(26)27/h5,7,13-14,22,24-25H,1-4,6,8-11,21H2,(H,26,27)/b7-5+. The molecular formula is C17H28F3NO6. The highest BCUT2D eigenvalue weighted by Gasteiger charge is 2.44. The Hall–Kier alpha value is -1.49. The largest absolute Gasteiger partial charge is 0.480 e. The van der Waals surface area contributed by atoms with Crippen molar-refractivity contribution in [1.82, 2.24) is 0 Å². The monoisotopic (exact) mass is 399 g/mol. The van der Waals surface area contributed by atoms with E-state index in [0.717, 1.165) is 12.8 Å². The van der Waals surface area contributed by atoms with E-state index in [2.05, 4.69) is 0 Å². The van der Waals surface area contributed by atoms with Crippen molar-refractivity contribution in [2.24, 2.45) is 5.73 Å². The Morgan fingerprint density at radius 2 is 1.63 bits per heavy atom. The summed E-state index contributed by atoms with van der Waals surface area (Å²) in [6.45, 7) is -1.03. The highest BCUT2D eigenvalue weighted by atomic mass is 19.4. The van der Waals surface area contributed by atoms with Crippen LogP contribution < -0.4 is 5.73 Å². The van der Waals surface area contributed by atoms with Crippen LogP contribution in [0, 0.1) is 0 Å². The van der Waals surface area contributed by atoms with E-state index < -0.39 is 48.7 Å². The number of halogens is 3. The van der Waals surface area contributed by atoms with Crippen LogP contribution in [0.2, 0.25) is 0 Å². The summed E-state index contributed by atoms with van der Waals surface area (Å²) in [5.41, 5.74) is 3.02. The molecule has 0 bridgehead atoms. The summed E-state index contributed by atoms with van der Waals surface area (Å²) in [5.74, 6) is -2.44. The van der Waals surface area contributed by atoms with Gasteiger partial charge >= 0.3 is 12.1 Å². The number of Topliss-reactive ketones (excluding diaryl/α,β-unsaturated/α-hetero) is 1. The third-order valence-electron chi connectivity index (χ3n) is 4.07. The van der Waals surface area contributed by atoms with Gasteiger partial charge in [0.2, 0.25) is 0 Å². The van der Waals surface area contributed by atoms with Gasteiger partial charge in [-0.15, -0.1) is 0 Å². The van der Waals surface area contributed by atoms with E-state index in [-0.39, 0.29) is 12.8 Å². The van der Waals surface area contributed by atoms with Crippen LogP contribution in [0.15, 0.2) is 12.2 Å². The summed E-state index contributed by atoms with van der Waals surface area (Å²) >= 11 is 0. The van der Waals surface area contributed by atoms with Gasteiger partial charge in [0.25, 0.3) is 0 Å². The molecule has 0 saturated carbocycles. The lowest BCUT2D eigenvalue weighted by atomic mass is 9.89. The number of carboxylic acids is 1. The Labute approximate surface area is 155 Å². The smallest absolute Gasteiger partial charge is 0.395 e. The van der Waals surface area contributed by atoms with Gasteiger partial charge in [-0.2, -0.15) is 13.2 Å². The zero-order valence-corrected chi connectivity index (χ0v) is 15.0. The van der Waals surface area contributed by atoms with E-state index in [1.807, 2.05) is 0 Å². The molecule has 6 N–H and O–H groups in total. The van der Waals surface area contributed by atoms with Crippen LogP contribution in [0.4, 0.5) is 13.2 Å². The van der Waals surface area contributed by atoms with Crippen LogP contribution in [0.3, 0.4) is 0 Å². The average molecular weight is 399 g/mol. The Kier molecular flexibility index (Phi) is 11.4. The number of hydrogen-bond donors (Lipinski definition) is 5. The van der Waals surface area contributed by atoms with Crippen molar-refractivity contribution in [3.63, 3.8) is 0 Å². The van der Waals surface area contributed by atoms with Crippen molar-refractivity contribution in [2.45, 2.75) is 75.3 Å². The zero-order valence-electron chi connectivity index (χ0n) is 15.0. The number of aliphatic hydroxyl groups excluding tert-OH is 3. The van der Waals surface area contributed by atoms with Crippen LogP contribution in [0.25, 0.3) is 0 Å². The van der Waals surface area contributed by atoms with Gasteiger partial charge in [-0.05, 0) is 25.7 Å². The lowest BCUT2D eigenvalue weighted by Crippen LogP contribution is -2.63. The second-order valence-corrected chi connectivity index (χ2v) is 6.51. The Morgan fingerprint density at radius 1 is 1.04 bits per heavy atom. The second-order valence-electron chi connectivity index (χ2n) is 6.51. The fraction of sp³-hybridized carbons (Fsp3) is 0.765. The van der Waals surface area contributed by atoms with Crippen molar-refractivity contribution in [3.8, 4) is 0 Å². The summed E-state index contributed by atoms with van der Waals surface area (Å²) in [4.78, 5) is 22.0. The molecule has 7 nitrogen and oxygen atoms in total. The average Bonchev–Trinajstić information content (AvgIpc) is 2.56. The SMILES string of the molecule is NC(CO)(C(=O)O)C(O)C(O)C/C=C/CCCCCCC(=O)CC(F)(F)F. The number of hydrogen-bond acceptors (Lipinski definition) is 6. The van der Waals surface area contributed by atoms with Crippen molar-refractivity contribution in [2.75, 3.05) is 6.61 Å². The van der Waals surface area contributed by atoms with Crippen LogP contribution in [0.5, 0.6) is 0 Å². The normalized spacial score (nSPS) is 16.9. The highest BCUT2D eigenvalue weighted by molar-refractivity contribution is 5.79. The molecule has 3 unspecified atom stereocenters. The summed E-state index contributed by atoms with van der Waals surface area (Å²) in [6, 6.07) is 0. The van der Waals surface area contributed by atoms with Gasteiger partial charge in [0.15, 0.2) is 5.54 Å². The van der Waals surface area contributed by atoms with Gasteiger partial charge in [-0.25, -0.2) is 0 Å². The van der Waals surface area contributed by atoms with Gasteiger partial charge in [0, 0.05) is 6.42 Å². The van der Waals surface area contributed by atoms with Gasteiger partial charge in [-0.1, -0.05) is 25.0 Å². The number of carbonyl (C=O) groups excluding carboxylic acids is 1. The van der Waals surface area contributed by atoms with Crippen molar-refractivity contribution < 1.29 is 43.2 Å². The minimum atomic E-state index is -4.45. The van der Waals surface area contributed by atoms with Crippen molar-refractivity contribution in [3.05, 3.63) is 12.2 Å². The number of carbonyl (C=O) groups is 2. The molecule has 0 aliphatic heterocycles. The molecule has 0 aliphatic carbocycles. The van der Waals surface area contributed by atoms with E-state index in [9.17, 15) is 33.0 Å². The van der Waals surface area contributed by atoms with Crippen LogP contribution in [-0.4, -0.2) is 62.7 Å². The molecule has 0 fully saturated rings. The number of alkyl halides is 3. The van der Waals surface area contributed by atoms with E-state index in [1.165, 1.54) is 0 Å². The first-order chi connectivity index (χ1) is 12.4. The van der Waals surface area contributed by atoms with Gasteiger partial charge in [0.05, 0.1) is 12.7 Å². The van der Waals surface area contributed by atoms with Crippen LogP contribution in [-0.2, 0) is 9.59 Å². The number of aliphatic hydroxyl groups is 3. The number of allylic oxidation sites excluding steroid dienone is 1. The number of aliphatic carboxylic acids is 1. The molecule has 0 aromatic carbocycles. The molecule has 0 spiro atoms. The van der Waals surface area contributed by atoms with Gasteiger partial charge < -0.3 is 26.2 Å². The summed E-state index contributed by atoms with van der Waals surface area (Å²) in [7, 11) is 0. The fourth-order valence-corrected chi connectivity index (χ4v) is 2.36. The molecular weight excluding hydrogens is 371 g/mol. The number of rotatable bonds is 14. The third-order valence-corrected chi connectivity index (χ3v) is 4.07. The Bertz CT molecular complexity index is 498. The maximum atomic E-state index is 12.0. The molecule has 0 amide bonds. The molecule has 0 aromatic rings. The molecule has 0 rings (SSSR count). The van der Waals surface area contributed by atoms with Crippen molar-refractivity contribution in [1.29, 1.82) is 0 Å². The second kappa shape index (κ2) is 12.1. The van der Waals surface area contributed by atoms with E-state index in [0.29, 0.717) is 19.3 Å². The molecule has 0 aromatic heterocycles. The third kappa shape index (κ3) is 10.4. The van der Waals surface area contributed by atoms with E-state index >= 15 is 0 Å². The van der Waals surface area contributed by atoms with Crippen LogP contribution in [0.1, 0.15) is 51.4 Å². The number of nitrogens with two attached hydrogens (primary N) is 1. The molecule has 10 heteroatoms. The quantitative estimate of drug-likeness (QED) is 0.219. The van der Waals surface area contributed by atoms with Gasteiger partial charge in [-0.3, -0.25) is 9.59 Å². The summed E-state index contributed by atoms with van der Waals surface area (Å²) < 4.78 is 35.9. The predicted molar refractivity (Wildman–Crippen MR) is 90.8 cm³/mol. The van der Waals surface area contributed by atoms with Crippen LogP contribution >= 0.6 is 0 Å². The predicted octanol–water partition coefficient (Wildman–Crippen LogP) is 1.29. The van der Waals surface area contributed by atoms with E-state index in [4.69, 9.17) is 15.9 Å².